The molecule has 1 aliphatic heterocycles. The second kappa shape index (κ2) is 8.79. The number of nitrogens with zero attached hydrogens (tertiary/aromatic N) is 1. The van der Waals surface area contributed by atoms with Crippen LogP contribution in [0.5, 0.6) is 5.75 Å². The minimum absolute atomic E-state index is 0.230. The number of methoxy groups -OCH3 is 2. The fourth-order valence-corrected chi connectivity index (χ4v) is 3.07. The van der Waals surface area contributed by atoms with Crippen molar-refractivity contribution in [3.05, 3.63) is 29.8 Å². The summed E-state index contributed by atoms with van der Waals surface area (Å²) in [6.45, 7) is 2.31. The number of benzene rings is 1. The van der Waals surface area contributed by atoms with Crippen LogP contribution in [0.4, 0.5) is 0 Å². The van der Waals surface area contributed by atoms with Crippen molar-refractivity contribution in [3.8, 4) is 5.75 Å². The van der Waals surface area contributed by atoms with Gasteiger partial charge in [-0.25, -0.2) is 0 Å². The molecule has 0 bridgehead atoms. The smallest absolute Gasteiger partial charge is 0.224 e. The summed E-state index contributed by atoms with van der Waals surface area (Å²) in [6.07, 6.45) is 5.00. The van der Waals surface area contributed by atoms with Crippen LogP contribution >= 0.6 is 0 Å². The van der Waals surface area contributed by atoms with Crippen LogP contribution < -0.4 is 4.74 Å². The predicted octanol–water partition coefficient (Wildman–Crippen LogP) is 2.90. The Morgan fingerprint density at radius 3 is 3.00 bits per heavy atom. The standard InChI is InChI=1S/C18H27NO3/c1-21-12-10-18(20)19-11-4-6-16(14-19)9-8-15-5-3-7-17(13-15)22-2/h3,5,7,13,16H,4,6,8-12,14H2,1-2H3/t16-/m1/s1. The highest BCUT2D eigenvalue weighted by molar-refractivity contribution is 5.76. The maximum atomic E-state index is 12.1. The van der Waals surface area contributed by atoms with E-state index >= 15 is 0 Å². The van der Waals surface area contributed by atoms with Crippen molar-refractivity contribution in [2.45, 2.75) is 32.1 Å². The van der Waals surface area contributed by atoms with E-state index in [1.165, 1.54) is 12.0 Å². The molecule has 2 rings (SSSR count). The number of aryl methyl sites for hydroxylation is 1. The van der Waals surface area contributed by atoms with Crippen LogP contribution in [-0.4, -0.2) is 44.7 Å². The van der Waals surface area contributed by atoms with Gasteiger partial charge in [0.2, 0.25) is 5.91 Å². The molecule has 0 aromatic heterocycles. The summed E-state index contributed by atoms with van der Waals surface area (Å²) in [5.74, 6) is 1.75. The molecule has 122 valence electrons. The van der Waals surface area contributed by atoms with Gasteiger partial charge in [-0.15, -0.1) is 0 Å². The average Bonchev–Trinajstić information content (AvgIpc) is 2.58. The first-order chi connectivity index (χ1) is 10.7. The number of likely N-dealkylation sites (tertiary alicyclic amines) is 1. The molecule has 4 nitrogen and oxygen atoms in total. The first-order valence-electron chi connectivity index (χ1n) is 8.12. The van der Waals surface area contributed by atoms with Crippen molar-refractivity contribution in [1.29, 1.82) is 0 Å². The van der Waals surface area contributed by atoms with Crippen LogP contribution in [-0.2, 0) is 16.0 Å². The van der Waals surface area contributed by atoms with Crippen molar-refractivity contribution < 1.29 is 14.3 Å². The third-order valence-corrected chi connectivity index (χ3v) is 4.37. The average molecular weight is 305 g/mol. The summed E-state index contributed by atoms with van der Waals surface area (Å²) < 4.78 is 10.3. The monoisotopic (exact) mass is 305 g/mol. The number of hydrogen-bond donors (Lipinski definition) is 0. The largest absolute Gasteiger partial charge is 0.497 e. The fraction of sp³-hybridized carbons (Fsp3) is 0.611. The zero-order valence-corrected chi connectivity index (χ0v) is 13.7. The maximum absolute atomic E-state index is 12.1. The summed E-state index contributed by atoms with van der Waals surface area (Å²) in [5, 5.41) is 0. The lowest BCUT2D eigenvalue weighted by atomic mass is 9.91. The van der Waals surface area contributed by atoms with Crippen molar-refractivity contribution >= 4 is 5.91 Å². The Morgan fingerprint density at radius 1 is 1.36 bits per heavy atom. The minimum Gasteiger partial charge on any atom is -0.497 e. The Labute approximate surface area is 133 Å². The van der Waals surface area contributed by atoms with Crippen molar-refractivity contribution in [3.63, 3.8) is 0 Å². The van der Waals surface area contributed by atoms with Crippen molar-refractivity contribution in [2.24, 2.45) is 5.92 Å². The van der Waals surface area contributed by atoms with Gasteiger partial charge in [0.1, 0.15) is 5.75 Å². The van der Waals surface area contributed by atoms with E-state index in [9.17, 15) is 4.79 Å². The number of hydrogen-bond acceptors (Lipinski definition) is 3. The number of carbonyl (C=O) groups excluding carboxylic acids is 1. The SMILES string of the molecule is COCCC(=O)N1CCC[C@H](CCc2cccc(OC)c2)C1. The number of ether oxygens (including phenoxy) is 2. The molecular formula is C18H27NO3. The molecule has 22 heavy (non-hydrogen) atoms. The van der Waals surface area contributed by atoms with Gasteiger partial charge in [0.15, 0.2) is 0 Å². The van der Waals surface area contributed by atoms with E-state index in [2.05, 4.69) is 12.1 Å². The third-order valence-electron chi connectivity index (χ3n) is 4.37. The molecule has 1 aromatic carbocycles. The van der Waals surface area contributed by atoms with Crippen molar-refractivity contribution in [1.82, 2.24) is 4.90 Å². The predicted molar refractivity (Wildman–Crippen MR) is 87.1 cm³/mol. The molecule has 1 amide bonds. The second-order valence-electron chi connectivity index (χ2n) is 5.98. The Hall–Kier alpha value is -1.55. The van der Waals surface area contributed by atoms with Crippen LogP contribution in [0.25, 0.3) is 0 Å². The summed E-state index contributed by atoms with van der Waals surface area (Å²) in [7, 11) is 3.34. The molecular weight excluding hydrogens is 278 g/mol. The first-order valence-corrected chi connectivity index (χ1v) is 8.12. The van der Waals surface area contributed by atoms with Gasteiger partial charge in [0.05, 0.1) is 20.1 Å². The van der Waals surface area contributed by atoms with Gasteiger partial charge in [0.25, 0.3) is 0 Å². The highest BCUT2D eigenvalue weighted by atomic mass is 16.5. The van der Waals surface area contributed by atoms with E-state index in [-0.39, 0.29) is 5.91 Å². The maximum Gasteiger partial charge on any atom is 0.224 e. The van der Waals surface area contributed by atoms with Gasteiger partial charge in [0, 0.05) is 20.2 Å². The van der Waals surface area contributed by atoms with Gasteiger partial charge in [-0.05, 0) is 49.3 Å². The second-order valence-corrected chi connectivity index (χ2v) is 5.98. The Kier molecular flexibility index (Phi) is 6.72. The van der Waals surface area contributed by atoms with E-state index in [1.54, 1.807) is 14.2 Å². The molecule has 1 aliphatic rings. The molecule has 1 heterocycles. The third kappa shape index (κ3) is 5.02. The van der Waals surface area contributed by atoms with Crippen LogP contribution in [0.1, 0.15) is 31.2 Å². The normalized spacial score (nSPS) is 18.3. The first kappa shape index (κ1) is 16.8. The van der Waals surface area contributed by atoms with Gasteiger partial charge in [-0.1, -0.05) is 12.1 Å². The summed E-state index contributed by atoms with van der Waals surface area (Å²) >= 11 is 0. The van der Waals surface area contributed by atoms with Crippen molar-refractivity contribution in [2.75, 3.05) is 33.9 Å². The van der Waals surface area contributed by atoms with Gasteiger partial charge < -0.3 is 14.4 Å². The van der Waals surface area contributed by atoms with E-state index in [0.717, 1.165) is 38.1 Å². The summed E-state index contributed by atoms with van der Waals surface area (Å²) in [4.78, 5) is 14.1. The number of rotatable bonds is 7. The molecule has 0 aliphatic carbocycles. The van der Waals surface area contributed by atoms with Crippen LogP contribution in [0.3, 0.4) is 0 Å². The fourth-order valence-electron chi connectivity index (χ4n) is 3.07. The van der Waals surface area contributed by atoms with E-state index in [4.69, 9.17) is 9.47 Å². The molecule has 0 radical (unpaired) electrons. The van der Waals surface area contributed by atoms with E-state index in [1.807, 2.05) is 17.0 Å². The number of carbonyl (C=O) groups is 1. The molecule has 0 unspecified atom stereocenters. The zero-order valence-electron chi connectivity index (χ0n) is 13.7. The highest BCUT2D eigenvalue weighted by Gasteiger charge is 2.23. The Bertz CT molecular complexity index is 475. The summed E-state index contributed by atoms with van der Waals surface area (Å²) in [6, 6.07) is 8.26. The lowest BCUT2D eigenvalue weighted by molar-refractivity contribution is -0.134. The number of amides is 1. The minimum atomic E-state index is 0.230. The van der Waals surface area contributed by atoms with Gasteiger partial charge in [-0.3, -0.25) is 4.79 Å². The van der Waals surface area contributed by atoms with Gasteiger partial charge >= 0.3 is 0 Å². The quantitative estimate of drug-likeness (QED) is 0.777. The van der Waals surface area contributed by atoms with Crippen LogP contribution in [0.15, 0.2) is 24.3 Å². The highest BCUT2D eigenvalue weighted by Crippen LogP contribution is 2.23. The molecule has 1 saturated heterocycles. The molecule has 1 atom stereocenters. The van der Waals surface area contributed by atoms with E-state index < -0.39 is 0 Å². The lowest BCUT2D eigenvalue weighted by Gasteiger charge is -2.33. The van der Waals surface area contributed by atoms with E-state index in [0.29, 0.717) is 18.9 Å². The van der Waals surface area contributed by atoms with Gasteiger partial charge in [-0.2, -0.15) is 0 Å². The molecule has 0 N–H and O–H groups in total. The topological polar surface area (TPSA) is 38.8 Å². The molecule has 0 spiro atoms. The molecule has 0 saturated carbocycles. The van der Waals surface area contributed by atoms with Crippen LogP contribution in [0.2, 0.25) is 0 Å². The Balaban J connectivity index is 1.81. The van der Waals surface area contributed by atoms with Crippen LogP contribution in [0, 0.1) is 5.92 Å². The molecule has 1 aromatic rings. The number of piperidine rings is 1. The lowest BCUT2D eigenvalue weighted by Crippen LogP contribution is -2.40. The Morgan fingerprint density at radius 2 is 2.23 bits per heavy atom. The zero-order chi connectivity index (χ0) is 15.8. The summed E-state index contributed by atoms with van der Waals surface area (Å²) in [5.41, 5.74) is 1.31. The molecule has 1 fully saturated rings. The molecule has 4 heteroatoms.